The summed E-state index contributed by atoms with van der Waals surface area (Å²) in [6.07, 6.45) is -4.63. The molecule has 12 heteroatoms. The van der Waals surface area contributed by atoms with Gasteiger partial charge in [-0.1, -0.05) is 23.4 Å². The number of rotatable bonds is 5. The summed E-state index contributed by atoms with van der Waals surface area (Å²) >= 11 is 6.60. The van der Waals surface area contributed by atoms with Crippen LogP contribution in [0.5, 0.6) is 5.75 Å². The Hall–Kier alpha value is -2.79. The third-order valence-corrected chi connectivity index (χ3v) is 5.09. The molecule has 3 rings (SSSR count). The number of alkyl halides is 3. The highest BCUT2D eigenvalue weighted by molar-refractivity contribution is 8.00. The lowest BCUT2D eigenvalue weighted by atomic mass is 10.2. The van der Waals surface area contributed by atoms with Gasteiger partial charge in [0, 0.05) is 5.69 Å². The highest BCUT2D eigenvalue weighted by Gasteiger charge is 2.33. The summed E-state index contributed by atoms with van der Waals surface area (Å²) in [7, 11) is 0. The minimum absolute atomic E-state index is 0.0303. The molecule has 0 spiro atoms. The van der Waals surface area contributed by atoms with Crippen LogP contribution in [0.4, 0.5) is 18.9 Å². The van der Waals surface area contributed by atoms with Crippen molar-refractivity contribution in [2.45, 2.75) is 23.5 Å². The van der Waals surface area contributed by atoms with E-state index in [9.17, 15) is 23.1 Å². The van der Waals surface area contributed by atoms with Gasteiger partial charge in [0.2, 0.25) is 11.1 Å². The molecule has 29 heavy (non-hydrogen) atoms. The third-order valence-electron chi connectivity index (χ3n) is 3.73. The first-order valence-electron chi connectivity index (χ1n) is 8.07. The Kier molecular flexibility index (Phi) is 5.99. The molecule has 0 aliphatic carbocycles. The Bertz CT molecular complexity index is 1030. The van der Waals surface area contributed by atoms with Crippen LogP contribution >= 0.6 is 23.4 Å². The molecule has 0 fully saturated rings. The van der Waals surface area contributed by atoms with Gasteiger partial charge < -0.3 is 10.4 Å². The molecule has 152 valence electrons. The number of tetrazole rings is 1. The minimum atomic E-state index is -4.63. The van der Waals surface area contributed by atoms with Crippen LogP contribution in [0, 0.1) is 0 Å². The van der Waals surface area contributed by atoms with Crippen molar-refractivity contribution in [1.82, 2.24) is 20.2 Å². The number of carbonyl (C=O) groups excluding carboxylic acids is 1. The van der Waals surface area contributed by atoms with E-state index < -0.39 is 27.9 Å². The zero-order chi connectivity index (χ0) is 21.2. The number of hydrogen-bond donors (Lipinski definition) is 2. The average molecular weight is 444 g/mol. The normalized spacial score (nSPS) is 12.6. The SMILES string of the molecule is CC(Sc1nnnn1-c1ccc(O)cc1)C(=O)Nc1ccc(Cl)c(C(F)(F)F)c1. The van der Waals surface area contributed by atoms with E-state index in [4.69, 9.17) is 11.6 Å². The van der Waals surface area contributed by atoms with E-state index in [0.29, 0.717) is 10.8 Å². The first-order chi connectivity index (χ1) is 13.6. The van der Waals surface area contributed by atoms with Crippen molar-refractivity contribution in [1.29, 1.82) is 0 Å². The van der Waals surface area contributed by atoms with Crippen LogP contribution < -0.4 is 5.32 Å². The molecule has 0 radical (unpaired) electrons. The fourth-order valence-corrected chi connectivity index (χ4v) is 3.32. The van der Waals surface area contributed by atoms with Crippen molar-refractivity contribution < 1.29 is 23.1 Å². The number of thioether (sulfide) groups is 1. The van der Waals surface area contributed by atoms with E-state index in [0.717, 1.165) is 23.9 Å². The number of nitrogens with zero attached hydrogens (tertiary/aromatic N) is 4. The molecule has 0 aliphatic rings. The van der Waals surface area contributed by atoms with Crippen molar-refractivity contribution in [2.75, 3.05) is 5.32 Å². The molecular formula is C17H13ClF3N5O2S. The van der Waals surface area contributed by atoms with E-state index in [1.54, 1.807) is 19.1 Å². The van der Waals surface area contributed by atoms with Crippen LogP contribution in [-0.4, -0.2) is 36.5 Å². The second kappa shape index (κ2) is 8.29. The number of amides is 1. The molecule has 1 amide bonds. The zero-order valence-corrected chi connectivity index (χ0v) is 16.3. The molecular weight excluding hydrogens is 431 g/mol. The van der Waals surface area contributed by atoms with Crippen LogP contribution in [0.25, 0.3) is 5.69 Å². The summed E-state index contributed by atoms with van der Waals surface area (Å²) in [5, 5.41) is 22.2. The van der Waals surface area contributed by atoms with Gasteiger partial charge in [0.05, 0.1) is 21.5 Å². The van der Waals surface area contributed by atoms with Gasteiger partial charge in [-0.3, -0.25) is 4.79 Å². The van der Waals surface area contributed by atoms with Crippen molar-refractivity contribution >= 4 is 35.0 Å². The number of aromatic hydroxyl groups is 1. The second-order valence-corrected chi connectivity index (χ2v) is 7.55. The van der Waals surface area contributed by atoms with Gasteiger partial charge in [-0.2, -0.15) is 17.9 Å². The summed E-state index contributed by atoms with van der Waals surface area (Å²) in [5.74, 6) is -0.462. The van der Waals surface area contributed by atoms with Gasteiger partial charge in [0.1, 0.15) is 5.75 Å². The molecule has 0 bridgehead atoms. The summed E-state index contributed by atoms with van der Waals surface area (Å²) in [6, 6.07) is 9.23. The fraction of sp³-hybridized carbons (Fsp3) is 0.176. The summed E-state index contributed by atoms with van der Waals surface area (Å²) in [5.41, 5.74) is -0.499. The van der Waals surface area contributed by atoms with Gasteiger partial charge in [-0.25, -0.2) is 0 Å². The number of aromatic nitrogens is 4. The number of halogens is 4. The third kappa shape index (κ3) is 4.98. The number of phenolic OH excluding ortho intramolecular Hbond substituents is 1. The van der Waals surface area contributed by atoms with Gasteiger partial charge in [-0.15, -0.1) is 5.10 Å². The lowest BCUT2D eigenvalue weighted by molar-refractivity contribution is -0.137. The van der Waals surface area contributed by atoms with E-state index in [1.165, 1.54) is 22.9 Å². The maximum atomic E-state index is 13.0. The molecule has 2 N–H and O–H groups in total. The van der Waals surface area contributed by atoms with Crippen LogP contribution in [0.3, 0.4) is 0 Å². The monoisotopic (exact) mass is 443 g/mol. The Morgan fingerprint density at radius 2 is 1.93 bits per heavy atom. The fourth-order valence-electron chi connectivity index (χ4n) is 2.28. The predicted octanol–water partition coefficient (Wildman–Crippen LogP) is 4.16. The van der Waals surface area contributed by atoms with E-state index >= 15 is 0 Å². The summed E-state index contributed by atoms with van der Waals surface area (Å²) < 4.78 is 40.3. The van der Waals surface area contributed by atoms with Crippen LogP contribution in [0.1, 0.15) is 12.5 Å². The smallest absolute Gasteiger partial charge is 0.417 e. The second-order valence-electron chi connectivity index (χ2n) is 5.83. The Balaban J connectivity index is 1.73. The lowest BCUT2D eigenvalue weighted by Crippen LogP contribution is -2.23. The maximum Gasteiger partial charge on any atom is 0.417 e. The molecule has 7 nitrogen and oxygen atoms in total. The van der Waals surface area contributed by atoms with Crippen molar-refractivity contribution in [3.05, 3.63) is 53.1 Å². The molecule has 1 aromatic heterocycles. The molecule has 0 saturated carbocycles. The number of hydrogen-bond acceptors (Lipinski definition) is 6. The van der Waals surface area contributed by atoms with Crippen molar-refractivity contribution in [3.8, 4) is 11.4 Å². The maximum absolute atomic E-state index is 13.0. The number of phenols is 1. The Labute approximate surface area is 171 Å². The molecule has 1 atom stereocenters. The van der Waals surface area contributed by atoms with E-state index in [1.807, 2.05) is 0 Å². The van der Waals surface area contributed by atoms with E-state index in [-0.39, 0.29) is 11.4 Å². The molecule has 3 aromatic rings. The summed E-state index contributed by atoms with van der Waals surface area (Å²) in [6.45, 7) is 1.57. The minimum Gasteiger partial charge on any atom is -0.508 e. The van der Waals surface area contributed by atoms with Gasteiger partial charge >= 0.3 is 6.18 Å². The predicted molar refractivity (Wildman–Crippen MR) is 101 cm³/mol. The standard InChI is InChI=1S/C17H13ClF3N5O2S/c1-9(15(28)22-10-2-7-14(18)13(8-10)17(19,20)21)29-16-23-24-25-26(16)11-3-5-12(27)6-4-11/h2-9,27H,1H3,(H,22,28). The first-order valence-corrected chi connectivity index (χ1v) is 9.33. The molecule has 0 aliphatic heterocycles. The summed E-state index contributed by atoms with van der Waals surface area (Å²) in [4.78, 5) is 12.4. The Morgan fingerprint density at radius 3 is 2.59 bits per heavy atom. The van der Waals surface area contributed by atoms with Gasteiger partial charge in [0.25, 0.3) is 0 Å². The quantitative estimate of drug-likeness (QED) is 0.575. The Morgan fingerprint density at radius 1 is 1.24 bits per heavy atom. The molecule has 2 aromatic carbocycles. The van der Waals surface area contributed by atoms with Crippen molar-refractivity contribution in [3.63, 3.8) is 0 Å². The molecule has 1 unspecified atom stereocenters. The number of benzene rings is 2. The highest BCUT2D eigenvalue weighted by Crippen LogP contribution is 2.36. The topological polar surface area (TPSA) is 92.9 Å². The first kappa shape index (κ1) is 20.9. The highest BCUT2D eigenvalue weighted by atomic mass is 35.5. The number of anilines is 1. The lowest BCUT2D eigenvalue weighted by Gasteiger charge is -2.14. The number of nitrogens with one attached hydrogen (secondary N) is 1. The van der Waals surface area contributed by atoms with E-state index in [2.05, 4.69) is 20.8 Å². The largest absolute Gasteiger partial charge is 0.508 e. The average Bonchev–Trinajstić information content (AvgIpc) is 3.11. The van der Waals surface area contributed by atoms with Gasteiger partial charge in [-0.05, 0) is 59.8 Å². The van der Waals surface area contributed by atoms with Crippen LogP contribution in [0.2, 0.25) is 5.02 Å². The molecule has 0 saturated heterocycles. The zero-order valence-electron chi connectivity index (χ0n) is 14.7. The number of carbonyl (C=O) groups is 1. The van der Waals surface area contributed by atoms with Gasteiger partial charge in [0.15, 0.2) is 0 Å². The van der Waals surface area contributed by atoms with Crippen LogP contribution in [0.15, 0.2) is 47.6 Å². The van der Waals surface area contributed by atoms with Crippen molar-refractivity contribution in [2.24, 2.45) is 0 Å². The molecule has 1 heterocycles. The van der Waals surface area contributed by atoms with Crippen LogP contribution in [-0.2, 0) is 11.0 Å².